The number of aliphatic carboxylic acids is 1. The molecule has 6 amide bonds. The Bertz CT molecular complexity index is 2040. The Hall–Kier alpha value is -6.18. The molecule has 3 aromatic carbocycles. The first-order valence-corrected chi connectivity index (χ1v) is 23.4. The van der Waals surface area contributed by atoms with Crippen LogP contribution >= 0.6 is 11.8 Å². The van der Waals surface area contributed by atoms with Gasteiger partial charge < -0.3 is 58.7 Å². The second kappa shape index (κ2) is 28.0. The molecule has 360 valence electrons. The van der Waals surface area contributed by atoms with Crippen LogP contribution in [0.1, 0.15) is 69.6 Å². The number of hydrogen-bond acceptors (Lipinski definition) is 12. The summed E-state index contributed by atoms with van der Waals surface area (Å²) in [5.74, 6) is -5.38. The second-order valence-corrected chi connectivity index (χ2v) is 17.3. The minimum Gasteiger partial charge on any atom is -0.508 e. The van der Waals surface area contributed by atoms with E-state index in [1.807, 2.05) is 13.2 Å². The molecule has 0 radical (unpaired) electrons. The molecule has 0 aliphatic rings. The van der Waals surface area contributed by atoms with Crippen molar-refractivity contribution in [1.82, 2.24) is 31.9 Å². The largest absolute Gasteiger partial charge is 0.508 e. The van der Waals surface area contributed by atoms with E-state index in [4.69, 9.17) is 11.5 Å². The van der Waals surface area contributed by atoms with Crippen LogP contribution in [0.3, 0.4) is 0 Å². The highest BCUT2D eigenvalue weighted by Crippen LogP contribution is 2.16. The van der Waals surface area contributed by atoms with E-state index in [9.17, 15) is 48.9 Å². The van der Waals surface area contributed by atoms with Crippen LogP contribution in [0, 0.1) is 5.92 Å². The monoisotopic (exact) mass is 934 g/mol. The van der Waals surface area contributed by atoms with E-state index in [1.54, 1.807) is 61.5 Å². The zero-order valence-electron chi connectivity index (χ0n) is 38.0. The number of carbonyl (C=O) groups is 7. The molecule has 0 bridgehead atoms. The average molecular weight is 935 g/mol. The van der Waals surface area contributed by atoms with Gasteiger partial charge in [0.15, 0.2) is 0 Å². The summed E-state index contributed by atoms with van der Waals surface area (Å²) in [7, 11) is 0. The molecular weight excluding hydrogens is 869 g/mol. The molecule has 0 aliphatic carbocycles. The molecule has 0 saturated heterocycles. The lowest BCUT2D eigenvalue weighted by Crippen LogP contribution is -2.60. The van der Waals surface area contributed by atoms with Crippen LogP contribution < -0.4 is 43.4 Å². The molecule has 19 heteroatoms. The van der Waals surface area contributed by atoms with Crippen molar-refractivity contribution < 1.29 is 48.9 Å². The fourth-order valence-electron chi connectivity index (χ4n) is 6.79. The van der Waals surface area contributed by atoms with Crippen LogP contribution in [-0.4, -0.2) is 118 Å². The molecule has 8 atom stereocenters. The van der Waals surface area contributed by atoms with Gasteiger partial charge in [-0.1, -0.05) is 74.9 Å². The van der Waals surface area contributed by atoms with E-state index >= 15 is 0 Å². The van der Waals surface area contributed by atoms with Crippen molar-refractivity contribution in [2.45, 2.75) is 114 Å². The van der Waals surface area contributed by atoms with Crippen LogP contribution in [-0.2, 0) is 52.8 Å². The molecule has 0 aromatic heterocycles. The van der Waals surface area contributed by atoms with Crippen molar-refractivity contribution >= 4 is 53.2 Å². The number of carbonyl (C=O) groups excluding carboxylic acids is 6. The van der Waals surface area contributed by atoms with Gasteiger partial charge in [-0.25, -0.2) is 4.79 Å². The Morgan fingerprint density at radius 1 is 0.576 bits per heavy atom. The molecule has 0 spiro atoms. The number of phenolic OH excluding ortho intramolecular Hbond substituents is 2. The van der Waals surface area contributed by atoms with Crippen LogP contribution in [0.15, 0.2) is 78.9 Å². The fourth-order valence-corrected chi connectivity index (χ4v) is 7.28. The minimum absolute atomic E-state index is 0.0128. The molecular formula is C47H66N8O10S. The molecule has 0 unspecified atom stereocenters. The van der Waals surface area contributed by atoms with Crippen molar-refractivity contribution in [2.75, 3.05) is 18.6 Å². The van der Waals surface area contributed by atoms with Crippen molar-refractivity contribution in [2.24, 2.45) is 17.4 Å². The Morgan fingerprint density at radius 2 is 1.05 bits per heavy atom. The van der Waals surface area contributed by atoms with E-state index in [0.717, 1.165) is 0 Å². The molecule has 3 aromatic rings. The van der Waals surface area contributed by atoms with E-state index < -0.39 is 83.7 Å². The van der Waals surface area contributed by atoms with Gasteiger partial charge in [0, 0.05) is 19.3 Å². The number of aromatic hydroxyl groups is 2. The molecule has 0 saturated carbocycles. The molecule has 0 heterocycles. The zero-order chi connectivity index (χ0) is 48.8. The van der Waals surface area contributed by atoms with Gasteiger partial charge in [0.05, 0.1) is 6.04 Å². The van der Waals surface area contributed by atoms with Gasteiger partial charge in [0.25, 0.3) is 0 Å². The SMILES string of the molecule is CC[C@H](C)[C@H](NC(=O)[C@@H](N)CCSC)C(=O)N[C@@H](Cc1ccc(O)cc1)C(=O)N[C@@H](CCCCN)C(=O)N[C@@H](Cc1ccc(O)cc1)C(=O)N[C@@H](C)C(=O)N[C@@H](Cc1ccccc1)C(=O)O. The smallest absolute Gasteiger partial charge is 0.326 e. The first-order chi connectivity index (χ1) is 31.4. The van der Waals surface area contributed by atoms with Crippen LogP contribution in [0.25, 0.3) is 0 Å². The number of benzene rings is 3. The Balaban J connectivity index is 1.90. The van der Waals surface area contributed by atoms with Gasteiger partial charge in [0.2, 0.25) is 35.4 Å². The lowest BCUT2D eigenvalue weighted by Gasteiger charge is -2.29. The Labute approximate surface area is 390 Å². The predicted octanol–water partition coefficient (Wildman–Crippen LogP) is 1.39. The van der Waals surface area contributed by atoms with Crippen molar-refractivity contribution in [3.8, 4) is 11.5 Å². The Kier molecular flexibility index (Phi) is 23.0. The number of nitrogens with one attached hydrogen (secondary N) is 6. The summed E-state index contributed by atoms with van der Waals surface area (Å²) in [5.41, 5.74) is 13.6. The fraction of sp³-hybridized carbons (Fsp3) is 0.468. The number of hydrogen-bond donors (Lipinski definition) is 11. The average Bonchev–Trinajstić information content (AvgIpc) is 3.29. The number of carboxylic acid groups (broad SMARTS) is 1. The first kappa shape index (κ1) is 54.2. The van der Waals surface area contributed by atoms with Gasteiger partial charge in [-0.05, 0) is 98.0 Å². The number of rotatable bonds is 28. The maximum Gasteiger partial charge on any atom is 0.326 e. The van der Waals surface area contributed by atoms with Crippen LogP contribution in [0.4, 0.5) is 0 Å². The number of carboxylic acids is 1. The van der Waals surface area contributed by atoms with Gasteiger partial charge in [-0.3, -0.25) is 28.8 Å². The van der Waals surface area contributed by atoms with Crippen LogP contribution in [0.2, 0.25) is 0 Å². The van der Waals surface area contributed by atoms with E-state index in [2.05, 4.69) is 31.9 Å². The van der Waals surface area contributed by atoms with Gasteiger partial charge in [0.1, 0.15) is 47.8 Å². The van der Waals surface area contributed by atoms with Crippen molar-refractivity contribution in [3.05, 3.63) is 95.6 Å². The summed E-state index contributed by atoms with van der Waals surface area (Å²) in [6, 6.07) is 12.2. The van der Waals surface area contributed by atoms with E-state index in [1.165, 1.54) is 43.0 Å². The molecule has 18 nitrogen and oxygen atoms in total. The molecule has 0 aliphatic heterocycles. The third-order valence-corrected chi connectivity index (χ3v) is 11.7. The van der Waals surface area contributed by atoms with Crippen molar-refractivity contribution in [3.63, 3.8) is 0 Å². The predicted molar refractivity (Wildman–Crippen MR) is 252 cm³/mol. The van der Waals surface area contributed by atoms with E-state index in [0.29, 0.717) is 48.1 Å². The second-order valence-electron chi connectivity index (χ2n) is 16.3. The summed E-state index contributed by atoms with van der Waals surface area (Å²) < 4.78 is 0. The molecule has 66 heavy (non-hydrogen) atoms. The van der Waals surface area contributed by atoms with Gasteiger partial charge in [-0.15, -0.1) is 0 Å². The number of thioether (sulfide) groups is 1. The normalized spacial score (nSPS) is 14.7. The summed E-state index contributed by atoms with van der Waals surface area (Å²) >= 11 is 1.53. The Morgan fingerprint density at radius 3 is 1.56 bits per heavy atom. The lowest BCUT2D eigenvalue weighted by molar-refractivity contribution is -0.142. The highest BCUT2D eigenvalue weighted by molar-refractivity contribution is 7.98. The number of amides is 6. The highest BCUT2D eigenvalue weighted by Gasteiger charge is 2.34. The highest BCUT2D eigenvalue weighted by atomic mass is 32.2. The van der Waals surface area contributed by atoms with E-state index in [-0.39, 0.29) is 49.6 Å². The zero-order valence-corrected chi connectivity index (χ0v) is 38.8. The summed E-state index contributed by atoms with van der Waals surface area (Å²) in [6.07, 6.45) is 3.48. The number of unbranched alkanes of at least 4 members (excludes halogenated alkanes) is 1. The first-order valence-electron chi connectivity index (χ1n) is 22.0. The molecule has 13 N–H and O–H groups in total. The summed E-state index contributed by atoms with van der Waals surface area (Å²) in [6.45, 7) is 5.28. The van der Waals surface area contributed by atoms with Gasteiger partial charge in [-0.2, -0.15) is 11.8 Å². The molecule has 0 fully saturated rings. The summed E-state index contributed by atoms with van der Waals surface area (Å²) in [4.78, 5) is 95.1. The lowest BCUT2D eigenvalue weighted by atomic mass is 9.96. The van der Waals surface area contributed by atoms with Gasteiger partial charge >= 0.3 is 5.97 Å². The standard InChI is InChI=1S/C47H66N8O10S/c1-5-28(2)40(55-42(59)35(49)22-24-66-4)46(63)53-38(26-32-16-20-34(57)21-17-32)45(62)51-36(13-9-10-23-48)43(60)52-37(25-31-14-18-33(56)19-15-31)44(61)50-29(3)41(58)54-39(47(64)65)27-30-11-7-6-8-12-30/h6-8,11-12,14-21,28-29,35-40,56-57H,5,9-10,13,22-27,48-49H2,1-4H3,(H,50,61)(H,51,62)(H,52,60)(H,53,63)(H,54,58)(H,55,59)(H,64,65)/t28-,29-,35-,36-,37-,38-,39-,40-/m0/s1. The van der Waals surface area contributed by atoms with Crippen molar-refractivity contribution in [1.29, 1.82) is 0 Å². The number of nitrogens with two attached hydrogens (primary N) is 2. The maximum absolute atomic E-state index is 14.3. The topological polar surface area (TPSA) is 304 Å². The van der Waals surface area contributed by atoms with Crippen LogP contribution in [0.5, 0.6) is 11.5 Å². The quantitative estimate of drug-likeness (QED) is 0.0460. The summed E-state index contributed by atoms with van der Waals surface area (Å²) in [5, 5.41) is 45.7. The molecule has 3 rings (SSSR count). The number of phenols is 2. The maximum atomic E-state index is 14.3. The third-order valence-electron chi connectivity index (χ3n) is 11.0. The third kappa shape index (κ3) is 18.4. The minimum atomic E-state index is -1.35.